The van der Waals surface area contributed by atoms with Crippen LogP contribution >= 0.6 is 0 Å². The third kappa shape index (κ3) is 6.31. The molecule has 42 heavy (non-hydrogen) atoms. The van der Waals surface area contributed by atoms with Crippen molar-refractivity contribution in [1.82, 2.24) is 19.9 Å². The van der Waals surface area contributed by atoms with E-state index in [1.54, 1.807) is 19.2 Å². The van der Waals surface area contributed by atoms with E-state index in [9.17, 15) is 4.79 Å². The lowest BCUT2D eigenvalue weighted by Crippen LogP contribution is -2.46. The Morgan fingerprint density at radius 1 is 0.929 bits per heavy atom. The van der Waals surface area contributed by atoms with Gasteiger partial charge >= 0.3 is 0 Å². The molecule has 9 nitrogen and oxygen atoms in total. The van der Waals surface area contributed by atoms with Crippen LogP contribution in [0.5, 0.6) is 11.5 Å². The van der Waals surface area contributed by atoms with Crippen LogP contribution in [0.1, 0.15) is 17.7 Å². The van der Waals surface area contributed by atoms with Crippen molar-refractivity contribution in [2.45, 2.75) is 26.4 Å². The average Bonchev–Trinajstić information content (AvgIpc) is 3.47. The number of piperazine rings is 1. The molecule has 0 N–H and O–H groups in total. The predicted octanol–water partition coefficient (Wildman–Crippen LogP) is 5.16. The minimum Gasteiger partial charge on any atom is -0.497 e. The zero-order valence-corrected chi connectivity index (χ0v) is 24.0. The highest BCUT2D eigenvalue weighted by Gasteiger charge is 2.18. The second kappa shape index (κ2) is 12.5. The van der Waals surface area contributed by atoms with Crippen molar-refractivity contribution in [2.24, 2.45) is 0 Å². The van der Waals surface area contributed by atoms with Crippen molar-refractivity contribution < 1.29 is 13.9 Å². The van der Waals surface area contributed by atoms with E-state index in [1.807, 2.05) is 41.2 Å². The molecular formula is C33H35N5O4. The maximum absolute atomic E-state index is 13.1. The van der Waals surface area contributed by atoms with Gasteiger partial charge in [0.2, 0.25) is 0 Å². The molecule has 0 spiro atoms. The number of fused-ring (bicyclic) bond motifs is 1. The van der Waals surface area contributed by atoms with E-state index >= 15 is 0 Å². The first kappa shape index (κ1) is 27.5. The largest absolute Gasteiger partial charge is 0.497 e. The molecule has 0 saturated carbocycles. The molecule has 0 atom stereocenters. The van der Waals surface area contributed by atoms with Crippen molar-refractivity contribution >= 4 is 16.7 Å². The minimum absolute atomic E-state index is 0.0805. The maximum Gasteiger partial charge on any atom is 0.200 e. The Bertz CT molecular complexity index is 1690. The van der Waals surface area contributed by atoms with Gasteiger partial charge < -0.3 is 18.8 Å². The Hall–Kier alpha value is -4.63. The molecule has 0 unspecified atom stereocenters. The summed E-state index contributed by atoms with van der Waals surface area (Å²) in [4.78, 5) is 17.9. The van der Waals surface area contributed by atoms with Gasteiger partial charge in [0.25, 0.3) is 0 Å². The lowest BCUT2D eigenvalue weighted by Gasteiger charge is -2.35. The third-order valence-corrected chi connectivity index (χ3v) is 7.69. The summed E-state index contributed by atoms with van der Waals surface area (Å²) in [6, 6.07) is 21.4. The third-order valence-electron chi connectivity index (χ3n) is 7.69. The van der Waals surface area contributed by atoms with Gasteiger partial charge in [-0.3, -0.25) is 14.4 Å². The molecule has 0 aliphatic carbocycles. The van der Waals surface area contributed by atoms with Crippen LogP contribution in [0, 0.1) is 6.92 Å². The Balaban J connectivity index is 0.970. The van der Waals surface area contributed by atoms with Crippen molar-refractivity contribution in [3.8, 4) is 22.6 Å². The topological polar surface area (TPSA) is 85.9 Å². The van der Waals surface area contributed by atoms with Gasteiger partial charge in [0.15, 0.2) is 5.43 Å². The van der Waals surface area contributed by atoms with Gasteiger partial charge in [-0.15, -0.1) is 5.10 Å². The van der Waals surface area contributed by atoms with Gasteiger partial charge in [0, 0.05) is 63.6 Å². The molecule has 3 aromatic carbocycles. The molecule has 1 aliphatic rings. The second-order valence-corrected chi connectivity index (χ2v) is 10.6. The molecule has 0 amide bonds. The lowest BCUT2D eigenvalue weighted by atomic mass is 10.1. The van der Waals surface area contributed by atoms with Crippen molar-refractivity contribution in [1.29, 1.82) is 0 Å². The average molecular weight is 566 g/mol. The summed E-state index contributed by atoms with van der Waals surface area (Å²) in [5.41, 5.74) is 5.27. The van der Waals surface area contributed by atoms with Crippen LogP contribution in [0.4, 0.5) is 5.69 Å². The number of aryl methyl sites for hydroxylation is 2. The summed E-state index contributed by atoms with van der Waals surface area (Å²) in [5.74, 6) is 1.39. The highest BCUT2D eigenvalue weighted by molar-refractivity contribution is 5.82. The molecule has 5 aromatic rings. The first-order valence-electron chi connectivity index (χ1n) is 14.3. The fourth-order valence-corrected chi connectivity index (χ4v) is 5.25. The van der Waals surface area contributed by atoms with Gasteiger partial charge in [0.1, 0.15) is 23.3 Å². The SMILES string of the molecule is COc1ccc(-c2coc3cc(OCCCn4cc(CN5CCN(c6ccc(C)cc6)CC5)nn4)ccc3c2=O)cc1. The second-order valence-electron chi connectivity index (χ2n) is 10.6. The molecule has 6 rings (SSSR count). The van der Waals surface area contributed by atoms with Crippen molar-refractivity contribution in [3.63, 3.8) is 0 Å². The summed E-state index contributed by atoms with van der Waals surface area (Å²) in [7, 11) is 1.61. The zero-order chi connectivity index (χ0) is 28.9. The molecule has 9 heteroatoms. The summed E-state index contributed by atoms with van der Waals surface area (Å²) in [6.07, 6.45) is 4.30. The minimum atomic E-state index is -0.0805. The van der Waals surface area contributed by atoms with Crippen molar-refractivity contribution in [3.05, 3.63) is 101 Å². The van der Waals surface area contributed by atoms with E-state index in [0.717, 1.165) is 56.2 Å². The Labute approximate surface area is 244 Å². The van der Waals surface area contributed by atoms with Crippen molar-refractivity contribution in [2.75, 3.05) is 44.8 Å². The number of benzene rings is 3. The number of rotatable bonds is 10. The molecule has 1 aliphatic heterocycles. The monoisotopic (exact) mass is 565 g/mol. The first-order chi connectivity index (χ1) is 20.6. The van der Waals surface area contributed by atoms with Gasteiger partial charge in [-0.05, 0) is 48.9 Å². The lowest BCUT2D eigenvalue weighted by molar-refractivity contribution is 0.247. The number of ether oxygens (including phenoxy) is 2. The normalized spacial score (nSPS) is 13.9. The van der Waals surface area contributed by atoms with E-state index < -0.39 is 0 Å². The summed E-state index contributed by atoms with van der Waals surface area (Å²) in [5, 5.41) is 9.21. The molecule has 0 bridgehead atoms. The van der Waals surface area contributed by atoms with Crippen LogP contribution in [-0.2, 0) is 13.1 Å². The molecule has 1 fully saturated rings. The summed E-state index contributed by atoms with van der Waals surface area (Å²) >= 11 is 0. The maximum atomic E-state index is 13.1. The number of nitrogens with zero attached hydrogens (tertiary/aromatic N) is 5. The molecular weight excluding hydrogens is 530 g/mol. The predicted molar refractivity (Wildman–Crippen MR) is 163 cm³/mol. The van der Waals surface area contributed by atoms with Crippen LogP contribution in [0.25, 0.3) is 22.1 Å². The van der Waals surface area contributed by atoms with Crippen LogP contribution in [0.3, 0.4) is 0 Å². The van der Waals surface area contributed by atoms with E-state index in [4.69, 9.17) is 13.9 Å². The molecule has 2 aromatic heterocycles. The molecule has 3 heterocycles. The molecule has 1 saturated heterocycles. The van der Waals surface area contributed by atoms with Crippen LogP contribution in [0.15, 0.2) is 88.4 Å². The van der Waals surface area contributed by atoms with Gasteiger partial charge in [-0.25, -0.2) is 0 Å². The van der Waals surface area contributed by atoms with Gasteiger partial charge in [0.05, 0.1) is 30.4 Å². The van der Waals surface area contributed by atoms with E-state index in [0.29, 0.717) is 35.4 Å². The highest BCUT2D eigenvalue weighted by Crippen LogP contribution is 2.25. The van der Waals surface area contributed by atoms with Gasteiger partial charge in [-0.1, -0.05) is 35.0 Å². The zero-order valence-electron chi connectivity index (χ0n) is 24.0. The Morgan fingerprint density at radius 3 is 2.45 bits per heavy atom. The number of aromatic nitrogens is 3. The first-order valence-corrected chi connectivity index (χ1v) is 14.3. The van der Waals surface area contributed by atoms with Crippen LogP contribution in [-0.4, -0.2) is 59.8 Å². The quantitative estimate of drug-likeness (QED) is 0.215. The fourth-order valence-electron chi connectivity index (χ4n) is 5.25. The summed E-state index contributed by atoms with van der Waals surface area (Å²) < 4.78 is 18.8. The number of anilines is 1. The van der Waals surface area contributed by atoms with Gasteiger partial charge in [-0.2, -0.15) is 0 Å². The standard InChI is InChI=1S/C33H35N5O4/c1-24-4-8-27(9-5-24)37-17-15-36(16-18-37)21-26-22-38(35-34-26)14-3-19-41-29-12-13-30-32(20-29)42-23-31(33(30)39)25-6-10-28(40-2)11-7-25/h4-13,20,22-23H,3,14-19,21H2,1-2H3. The number of hydrogen-bond acceptors (Lipinski definition) is 8. The highest BCUT2D eigenvalue weighted by atomic mass is 16.5. The fraction of sp³-hybridized carbons (Fsp3) is 0.303. The van der Waals surface area contributed by atoms with Crippen LogP contribution < -0.4 is 19.8 Å². The summed E-state index contributed by atoms with van der Waals surface area (Å²) in [6.45, 7) is 8.17. The molecule has 216 valence electrons. The van der Waals surface area contributed by atoms with E-state index in [1.165, 1.54) is 17.5 Å². The van der Waals surface area contributed by atoms with Crippen LogP contribution in [0.2, 0.25) is 0 Å². The van der Waals surface area contributed by atoms with E-state index in [-0.39, 0.29) is 5.43 Å². The smallest absolute Gasteiger partial charge is 0.200 e. The molecule has 0 radical (unpaired) electrons. The number of methoxy groups -OCH3 is 1. The Kier molecular flexibility index (Phi) is 8.18. The Morgan fingerprint density at radius 2 is 1.69 bits per heavy atom. The van der Waals surface area contributed by atoms with E-state index in [2.05, 4.69) is 51.3 Å². The number of hydrogen-bond donors (Lipinski definition) is 0.